The molecule has 0 aliphatic carbocycles. The van der Waals surface area contributed by atoms with Gasteiger partial charge in [0.1, 0.15) is 5.76 Å². The van der Waals surface area contributed by atoms with E-state index in [1.807, 2.05) is 30.3 Å². The summed E-state index contributed by atoms with van der Waals surface area (Å²) in [5, 5.41) is 10.6. The number of nitrogens with zero attached hydrogens (tertiary/aromatic N) is 2. The minimum Gasteiger partial charge on any atom is -0.503 e. The molecular formula is C23H24N2O5. The zero-order chi connectivity index (χ0) is 20.9. The van der Waals surface area contributed by atoms with Gasteiger partial charge in [0.2, 0.25) is 0 Å². The molecule has 2 aliphatic rings. The van der Waals surface area contributed by atoms with E-state index in [0.717, 1.165) is 18.7 Å². The van der Waals surface area contributed by atoms with Gasteiger partial charge in [-0.2, -0.15) is 0 Å². The molecule has 1 aromatic heterocycles. The van der Waals surface area contributed by atoms with E-state index in [1.54, 1.807) is 17.0 Å². The summed E-state index contributed by atoms with van der Waals surface area (Å²) in [7, 11) is 0. The standard InChI is InChI=1S/C23H24N2O5/c26-19(9-8-18-7-4-14-30-18)20-21(17-5-2-1-3-6-17)25(23(28)22(20)27)11-10-24-12-15-29-16-13-24/h1-9,14,21,27H,10-13,15-16H2. The van der Waals surface area contributed by atoms with Gasteiger partial charge < -0.3 is 19.2 Å². The van der Waals surface area contributed by atoms with Crippen LogP contribution in [-0.2, 0) is 14.3 Å². The monoisotopic (exact) mass is 408 g/mol. The minimum absolute atomic E-state index is 0.0935. The molecular weight excluding hydrogens is 384 g/mol. The number of benzene rings is 1. The molecule has 4 rings (SSSR count). The van der Waals surface area contributed by atoms with Gasteiger partial charge in [0.05, 0.1) is 31.1 Å². The van der Waals surface area contributed by atoms with Crippen molar-refractivity contribution in [2.75, 3.05) is 39.4 Å². The molecule has 1 amide bonds. The summed E-state index contributed by atoms with van der Waals surface area (Å²) in [4.78, 5) is 29.7. The number of rotatable bonds is 7. The fourth-order valence-corrected chi connectivity index (χ4v) is 3.83. The fraction of sp³-hybridized carbons (Fsp3) is 0.304. The Bertz CT molecular complexity index is 943. The number of carbonyl (C=O) groups is 2. The van der Waals surface area contributed by atoms with E-state index in [9.17, 15) is 14.7 Å². The maximum absolute atomic E-state index is 13.0. The van der Waals surface area contributed by atoms with Gasteiger partial charge in [-0.25, -0.2) is 0 Å². The number of aliphatic hydroxyl groups excluding tert-OH is 1. The molecule has 1 aromatic carbocycles. The lowest BCUT2D eigenvalue weighted by Gasteiger charge is -2.31. The summed E-state index contributed by atoms with van der Waals surface area (Å²) in [5.74, 6) is -0.903. The average molecular weight is 408 g/mol. The third-order valence-electron chi connectivity index (χ3n) is 5.39. The SMILES string of the molecule is O=C(C=Cc1ccco1)C1=C(O)C(=O)N(CCN2CCOCC2)C1c1ccccc1. The smallest absolute Gasteiger partial charge is 0.290 e. The summed E-state index contributed by atoms with van der Waals surface area (Å²) in [6.07, 6.45) is 4.38. The van der Waals surface area contributed by atoms with Gasteiger partial charge >= 0.3 is 0 Å². The van der Waals surface area contributed by atoms with Crippen LogP contribution in [0.1, 0.15) is 17.4 Å². The topological polar surface area (TPSA) is 83.2 Å². The second kappa shape index (κ2) is 9.11. The van der Waals surface area contributed by atoms with Gasteiger partial charge in [-0.15, -0.1) is 0 Å². The molecule has 1 fully saturated rings. The van der Waals surface area contributed by atoms with Crippen LogP contribution in [0.4, 0.5) is 0 Å². The molecule has 3 heterocycles. The highest BCUT2D eigenvalue weighted by Gasteiger charge is 2.42. The number of aliphatic hydroxyl groups is 1. The van der Waals surface area contributed by atoms with E-state index in [1.165, 1.54) is 18.4 Å². The highest BCUT2D eigenvalue weighted by atomic mass is 16.5. The molecule has 0 saturated carbocycles. The molecule has 1 N–H and O–H groups in total. The van der Waals surface area contributed by atoms with Crippen molar-refractivity contribution < 1.29 is 23.8 Å². The number of furan rings is 1. The molecule has 7 nitrogen and oxygen atoms in total. The van der Waals surface area contributed by atoms with Crippen LogP contribution in [0.15, 0.2) is 70.6 Å². The predicted molar refractivity (Wildman–Crippen MR) is 111 cm³/mol. The first-order chi connectivity index (χ1) is 14.6. The number of amides is 1. The third-order valence-corrected chi connectivity index (χ3v) is 5.39. The van der Waals surface area contributed by atoms with E-state index in [-0.39, 0.29) is 5.57 Å². The first-order valence-corrected chi connectivity index (χ1v) is 10.00. The Morgan fingerprint density at radius 3 is 2.57 bits per heavy atom. The molecule has 0 radical (unpaired) electrons. The van der Waals surface area contributed by atoms with Crippen LogP contribution >= 0.6 is 0 Å². The lowest BCUT2D eigenvalue weighted by molar-refractivity contribution is -0.129. The van der Waals surface area contributed by atoms with E-state index in [4.69, 9.17) is 9.15 Å². The summed E-state index contributed by atoms with van der Waals surface area (Å²) in [5.41, 5.74) is 0.877. The normalized spacial score (nSPS) is 20.5. The van der Waals surface area contributed by atoms with Gasteiger partial charge in [-0.3, -0.25) is 14.5 Å². The molecule has 1 unspecified atom stereocenters. The van der Waals surface area contributed by atoms with Crippen molar-refractivity contribution in [1.29, 1.82) is 0 Å². The van der Waals surface area contributed by atoms with Crippen LogP contribution in [0.3, 0.4) is 0 Å². The number of hydrogen-bond donors (Lipinski definition) is 1. The quantitative estimate of drug-likeness (QED) is 0.709. The second-order valence-corrected chi connectivity index (χ2v) is 7.24. The number of ether oxygens (including phenoxy) is 1. The number of morpholine rings is 1. The highest BCUT2D eigenvalue weighted by molar-refractivity contribution is 6.14. The Labute approximate surface area is 174 Å². The number of hydrogen-bond acceptors (Lipinski definition) is 6. The van der Waals surface area contributed by atoms with E-state index in [0.29, 0.717) is 32.1 Å². The second-order valence-electron chi connectivity index (χ2n) is 7.24. The molecule has 2 aliphatic heterocycles. The third kappa shape index (κ3) is 4.22. The molecule has 7 heteroatoms. The van der Waals surface area contributed by atoms with Crippen molar-refractivity contribution >= 4 is 17.8 Å². The van der Waals surface area contributed by atoms with E-state index < -0.39 is 23.5 Å². The summed E-state index contributed by atoms with van der Waals surface area (Å²) in [6, 6.07) is 12.1. The largest absolute Gasteiger partial charge is 0.503 e. The summed E-state index contributed by atoms with van der Waals surface area (Å²) < 4.78 is 10.6. The van der Waals surface area contributed by atoms with Crippen molar-refractivity contribution in [1.82, 2.24) is 9.80 Å². The van der Waals surface area contributed by atoms with Gasteiger partial charge in [0, 0.05) is 26.2 Å². The number of carbonyl (C=O) groups excluding carboxylic acids is 2. The van der Waals surface area contributed by atoms with Gasteiger partial charge in [-0.1, -0.05) is 30.3 Å². The van der Waals surface area contributed by atoms with Crippen molar-refractivity contribution in [2.45, 2.75) is 6.04 Å². The lowest BCUT2D eigenvalue weighted by Crippen LogP contribution is -2.43. The molecule has 1 saturated heterocycles. The zero-order valence-corrected chi connectivity index (χ0v) is 16.6. The maximum atomic E-state index is 13.0. The minimum atomic E-state index is -0.631. The molecule has 30 heavy (non-hydrogen) atoms. The Morgan fingerprint density at radius 1 is 1.10 bits per heavy atom. The van der Waals surface area contributed by atoms with Crippen LogP contribution in [0.5, 0.6) is 0 Å². The summed E-state index contributed by atoms with van der Waals surface area (Å²) in [6.45, 7) is 3.99. The first kappa shape index (κ1) is 20.1. The molecule has 156 valence electrons. The zero-order valence-electron chi connectivity index (χ0n) is 16.6. The van der Waals surface area contributed by atoms with Crippen LogP contribution < -0.4 is 0 Å². The Kier molecular flexibility index (Phi) is 6.11. The molecule has 0 spiro atoms. The van der Waals surface area contributed by atoms with Crippen molar-refractivity contribution in [3.63, 3.8) is 0 Å². The first-order valence-electron chi connectivity index (χ1n) is 10.00. The molecule has 0 bridgehead atoms. The van der Waals surface area contributed by atoms with Crippen LogP contribution in [0, 0.1) is 0 Å². The Balaban J connectivity index is 1.59. The van der Waals surface area contributed by atoms with Gasteiger partial charge in [0.15, 0.2) is 11.5 Å². The van der Waals surface area contributed by atoms with Crippen LogP contribution in [-0.4, -0.2) is 66.0 Å². The van der Waals surface area contributed by atoms with E-state index in [2.05, 4.69) is 4.90 Å². The number of allylic oxidation sites excluding steroid dienone is 1. The van der Waals surface area contributed by atoms with Crippen LogP contribution in [0.2, 0.25) is 0 Å². The number of ketones is 1. The lowest BCUT2D eigenvalue weighted by atomic mass is 9.96. The van der Waals surface area contributed by atoms with Crippen LogP contribution in [0.25, 0.3) is 6.08 Å². The van der Waals surface area contributed by atoms with Crippen molar-refractivity contribution in [2.24, 2.45) is 0 Å². The van der Waals surface area contributed by atoms with Gasteiger partial charge in [0.25, 0.3) is 5.91 Å². The maximum Gasteiger partial charge on any atom is 0.290 e. The summed E-state index contributed by atoms with van der Waals surface area (Å²) >= 11 is 0. The van der Waals surface area contributed by atoms with Crippen molar-refractivity contribution in [3.05, 3.63) is 77.5 Å². The highest BCUT2D eigenvalue weighted by Crippen LogP contribution is 2.37. The predicted octanol–water partition coefficient (Wildman–Crippen LogP) is 2.59. The fourth-order valence-electron chi connectivity index (χ4n) is 3.83. The Morgan fingerprint density at radius 2 is 1.87 bits per heavy atom. The molecule has 1 atom stereocenters. The average Bonchev–Trinajstić information content (AvgIpc) is 3.39. The van der Waals surface area contributed by atoms with Crippen molar-refractivity contribution in [3.8, 4) is 0 Å². The van der Waals surface area contributed by atoms with E-state index >= 15 is 0 Å². The van der Waals surface area contributed by atoms with Gasteiger partial charge in [-0.05, 0) is 29.8 Å². The Hall–Kier alpha value is -3.16. The molecule has 2 aromatic rings.